The molecule has 1 amide bonds. The van der Waals surface area contributed by atoms with Crippen LogP contribution < -0.4 is 20.5 Å². The summed E-state index contributed by atoms with van der Waals surface area (Å²) in [7, 11) is 5.27. The summed E-state index contributed by atoms with van der Waals surface area (Å²) in [5.41, 5.74) is 3.19. The van der Waals surface area contributed by atoms with Crippen molar-refractivity contribution in [2.24, 2.45) is 0 Å². The average molecular weight is 521 g/mol. The van der Waals surface area contributed by atoms with Crippen LogP contribution in [0.3, 0.4) is 0 Å². The maximum absolute atomic E-state index is 12.8. The second kappa shape index (κ2) is 10.6. The minimum Gasteiger partial charge on any atom is -0.439 e. The predicted octanol–water partition coefficient (Wildman–Crippen LogP) is 3.42. The minimum atomic E-state index is -0.0356. The molecule has 192 valence electrons. The van der Waals surface area contributed by atoms with Gasteiger partial charge in [0.05, 0.1) is 19.8 Å². The predicted molar refractivity (Wildman–Crippen MR) is 146 cm³/mol. The van der Waals surface area contributed by atoms with Crippen LogP contribution in [0.1, 0.15) is 0 Å². The van der Waals surface area contributed by atoms with Gasteiger partial charge < -0.3 is 29.2 Å². The van der Waals surface area contributed by atoms with Gasteiger partial charge in [-0.15, -0.1) is 11.3 Å². The van der Waals surface area contributed by atoms with Crippen LogP contribution in [-0.4, -0.2) is 74.8 Å². The van der Waals surface area contributed by atoms with Crippen LogP contribution in [-0.2, 0) is 9.53 Å². The second-order valence-corrected chi connectivity index (χ2v) is 9.82. The van der Waals surface area contributed by atoms with Gasteiger partial charge in [-0.3, -0.25) is 9.59 Å². The van der Waals surface area contributed by atoms with E-state index in [0.29, 0.717) is 54.2 Å². The van der Waals surface area contributed by atoms with Gasteiger partial charge in [-0.1, -0.05) is 12.1 Å². The van der Waals surface area contributed by atoms with Crippen molar-refractivity contribution in [1.82, 2.24) is 14.9 Å². The minimum absolute atomic E-state index is 0.0138. The number of nitrogens with zero attached hydrogens (tertiary/aromatic N) is 5. The van der Waals surface area contributed by atoms with Crippen molar-refractivity contribution < 1.29 is 13.9 Å². The van der Waals surface area contributed by atoms with Gasteiger partial charge in [0, 0.05) is 63.1 Å². The number of hydrogen-bond acceptors (Lipinski definition) is 10. The first-order valence-corrected chi connectivity index (χ1v) is 12.8. The Morgan fingerprint density at radius 1 is 1.14 bits per heavy atom. The van der Waals surface area contributed by atoms with Crippen LogP contribution in [0.25, 0.3) is 21.4 Å². The van der Waals surface area contributed by atoms with Crippen molar-refractivity contribution in [3.05, 3.63) is 58.2 Å². The summed E-state index contributed by atoms with van der Waals surface area (Å²) in [6, 6.07) is 11.1. The molecule has 1 aliphatic heterocycles. The first-order valence-electron chi connectivity index (χ1n) is 11.9. The number of carbonyl (C=O) groups is 1. The lowest BCUT2D eigenvalue weighted by Crippen LogP contribution is -2.36. The Morgan fingerprint density at radius 2 is 1.89 bits per heavy atom. The van der Waals surface area contributed by atoms with Gasteiger partial charge in [0.15, 0.2) is 11.5 Å². The van der Waals surface area contributed by atoms with Gasteiger partial charge in [-0.25, -0.2) is 4.98 Å². The molecule has 10 nitrogen and oxygen atoms in total. The molecule has 1 fully saturated rings. The molecule has 5 rings (SSSR count). The number of carbonyl (C=O) groups excluding carboxylic acids is 1. The largest absolute Gasteiger partial charge is 0.439 e. The monoisotopic (exact) mass is 520 g/mol. The summed E-state index contributed by atoms with van der Waals surface area (Å²) in [4.78, 5) is 39.0. The van der Waals surface area contributed by atoms with Gasteiger partial charge in [-0.2, -0.15) is 4.98 Å². The molecule has 3 aromatic heterocycles. The summed E-state index contributed by atoms with van der Waals surface area (Å²) in [6.45, 7) is 2.84. The first kappa shape index (κ1) is 24.7. The number of benzene rings is 1. The Balaban J connectivity index is 1.35. The molecule has 0 saturated carbocycles. The number of thiophene rings is 1. The fourth-order valence-corrected chi connectivity index (χ4v) is 4.89. The SMILES string of the molecule is CN(C)C(=O)CN(C)c1ccnc(Nc2ccc(-c3csc4c(=O)cc(N5CCOCC5)oc34)cc2)n1. The first-order chi connectivity index (χ1) is 17.9. The van der Waals surface area contributed by atoms with Crippen LogP contribution >= 0.6 is 11.3 Å². The maximum Gasteiger partial charge on any atom is 0.241 e. The summed E-state index contributed by atoms with van der Waals surface area (Å²) >= 11 is 1.39. The molecule has 11 heteroatoms. The summed E-state index contributed by atoms with van der Waals surface area (Å²) in [5, 5.41) is 5.17. The van der Waals surface area contributed by atoms with Crippen molar-refractivity contribution in [1.29, 1.82) is 0 Å². The Bertz CT molecular complexity index is 1460. The maximum atomic E-state index is 12.8. The van der Waals surface area contributed by atoms with Crippen molar-refractivity contribution >= 4 is 50.9 Å². The van der Waals surface area contributed by atoms with Crippen molar-refractivity contribution in [2.45, 2.75) is 0 Å². The number of hydrogen-bond donors (Lipinski definition) is 1. The third kappa shape index (κ3) is 5.42. The number of rotatable bonds is 7. The lowest BCUT2D eigenvalue weighted by atomic mass is 10.1. The molecule has 0 spiro atoms. The molecular formula is C26H28N6O4S. The molecule has 0 atom stereocenters. The van der Waals surface area contributed by atoms with E-state index >= 15 is 0 Å². The quantitative estimate of drug-likeness (QED) is 0.393. The van der Waals surface area contributed by atoms with E-state index in [2.05, 4.69) is 15.3 Å². The number of morpholine rings is 1. The van der Waals surface area contributed by atoms with E-state index < -0.39 is 0 Å². The fourth-order valence-electron chi connectivity index (χ4n) is 3.98. The Hall–Kier alpha value is -3.96. The van der Waals surface area contributed by atoms with E-state index in [1.807, 2.05) is 41.6 Å². The lowest BCUT2D eigenvalue weighted by molar-refractivity contribution is -0.127. The normalized spacial score (nSPS) is 13.5. The van der Waals surface area contributed by atoms with Crippen molar-refractivity contribution in [3.63, 3.8) is 0 Å². The highest BCUT2D eigenvalue weighted by Gasteiger charge is 2.19. The molecule has 0 aliphatic carbocycles. The van der Waals surface area contributed by atoms with Crippen LogP contribution in [0.5, 0.6) is 0 Å². The molecule has 4 aromatic rings. The number of anilines is 4. The third-order valence-electron chi connectivity index (χ3n) is 6.11. The van der Waals surface area contributed by atoms with Gasteiger partial charge in [0.25, 0.3) is 0 Å². The highest BCUT2D eigenvalue weighted by atomic mass is 32.1. The highest BCUT2D eigenvalue weighted by Crippen LogP contribution is 2.35. The zero-order valence-corrected chi connectivity index (χ0v) is 21.7. The Labute approximate surface area is 218 Å². The molecule has 0 unspecified atom stereocenters. The molecular weight excluding hydrogens is 492 g/mol. The van der Waals surface area contributed by atoms with Gasteiger partial charge in [0.1, 0.15) is 10.5 Å². The van der Waals surface area contributed by atoms with Crippen LogP contribution in [0, 0.1) is 0 Å². The second-order valence-electron chi connectivity index (χ2n) is 8.94. The van der Waals surface area contributed by atoms with E-state index in [1.165, 1.54) is 11.3 Å². The summed E-state index contributed by atoms with van der Waals surface area (Å²) < 4.78 is 12.3. The van der Waals surface area contributed by atoms with E-state index in [-0.39, 0.29) is 17.9 Å². The molecule has 4 heterocycles. The lowest BCUT2D eigenvalue weighted by Gasteiger charge is -2.27. The number of amides is 1. The zero-order valence-electron chi connectivity index (χ0n) is 20.9. The molecule has 1 saturated heterocycles. The standard InChI is InChI=1S/C26H28N6O4S/c1-30(2)22(34)15-31(3)21-8-9-27-26(29-21)28-18-6-4-17(5-7-18)19-16-37-25-20(33)14-23(36-24(19)25)32-10-12-35-13-11-32/h4-9,14,16H,10-13,15H2,1-3H3,(H,27,28,29). The topological polar surface area (TPSA) is 104 Å². The molecule has 1 N–H and O–H groups in total. The highest BCUT2D eigenvalue weighted by molar-refractivity contribution is 7.17. The number of likely N-dealkylation sites (N-methyl/N-ethyl adjacent to an activating group) is 2. The van der Waals surface area contributed by atoms with E-state index in [4.69, 9.17) is 9.15 Å². The number of fused-ring (bicyclic) bond motifs is 1. The van der Waals surface area contributed by atoms with Crippen LogP contribution in [0.2, 0.25) is 0 Å². The van der Waals surface area contributed by atoms with E-state index in [0.717, 1.165) is 16.8 Å². The van der Waals surface area contributed by atoms with E-state index in [9.17, 15) is 9.59 Å². The fraction of sp³-hybridized carbons (Fsp3) is 0.308. The molecule has 1 aliphatic rings. The van der Waals surface area contributed by atoms with Crippen molar-refractivity contribution in [2.75, 3.05) is 69.1 Å². The number of nitrogens with one attached hydrogen (secondary N) is 1. The van der Waals surface area contributed by atoms with Crippen LogP contribution in [0.15, 0.2) is 57.2 Å². The van der Waals surface area contributed by atoms with Crippen LogP contribution in [0.4, 0.5) is 23.3 Å². The summed E-state index contributed by atoms with van der Waals surface area (Å²) in [6.07, 6.45) is 1.65. The molecule has 1 aromatic carbocycles. The summed E-state index contributed by atoms with van der Waals surface area (Å²) in [5.74, 6) is 1.63. The Kier molecular flexibility index (Phi) is 7.06. The zero-order chi connectivity index (χ0) is 25.9. The number of ether oxygens (including phenoxy) is 1. The Morgan fingerprint density at radius 3 is 2.62 bits per heavy atom. The molecule has 37 heavy (non-hydrogen) atoms. The van der Waals surface area contributed by atoms with Gasteiger partial charge >= 0.3 is 0 Å². The van der Waals surface area contributed by atoms with Gasteiger partial charge in [0.2, 0.25) is 17.3 Å². The molecule has 0 radical (unpaired) electrons. The van der Waals surface area contributed by atoms with E-state index in [1.54, 1.807) is 42.2 Å². The molecule has 0 bridgehead atoms. The third-order valence-corrected chi connectivity index (χ3v) is 7.08. The number of aromatic nitrogens is 2. The average Bonchev–Trinajstić information content (AvgIpc) is 3.34. The van der Waals surface area contributed by atoms with Crippen molar-refractivity contribution in [3.8, 4) is 11.1 Å². The van der Waals surface area contributed by atoms with Gasteiger partial charge in [-0.05, 0) is 23.8 Å². The smallest absolute Gasteiger partial charge is 0.241 e.